The van der Waals surface area contributed by atoms with Crippen LogP contribution in [0.25, 0.3) is 0 Å². The van der Waals surface area contributed by atoms with Gasteiger partial charge in [-0.25, -0.2) is 12.7 Å². The summed E-state index contributed by atoms with van der Waals surface area (Å²) in [6.45, 7) is 2.60. The molecule has 0 atom stereocenters. The summed E-state index contributed by atoms with van der Waals surface area (Å²) in [6, 6.07) is 7.04. The van der Waals surface area contributed by atoms with Gasteiger partial charge in [-0.1, -0.05) is 43.1 Å². The summed E-state index contributed by atoms with van der Waals surface area (Å²) in [4.78, 5) is 0. The molecule has 17 heavy (non-hydrogen) atoms. The second kappa shape index (κ2) is 6.38. The van der Waals surface area contributed by atoms with Crippen LogP contribution in [-0.4, -0.2) is 26.3 Å². The van der Waals surface area contributed by atoms with Crippen LogP contribution >= 0.6 is 11.6 Å². The van der Waals surface area contributed by atoms with E-state index in [0.29, 0.717) is 17.1 Å². The van der Waals surface area contributed by atoms with Gasteiger partial charge in [-0.05, 0) is 18.1 Å². The number of hydrogen-bond donors (Lipinski definition) is 0. The summed E-state index contributed by atoms with van der Waals surface area (Å²) >= 11 is 5.96. The van der Waals surface area contributed by atoms with E-state index in [1.807, 2.05) is 6.92 Å². The lowest BCUT2D eigenvalue weighted by atomic mass is 10.2. The van der Waals surface area contributed by atoms with Crippen molar-refractivity contribution < 1.29 is 8.42 Å². The Morgan fingerprint density at radius 2 is 1.94 bits per heavy atom. The Bertz CT molecular complexity index is 459. The monoisotopic (exact) mass is 275 g/mol. The van der Waals surface area contributed by atoms with Gasteiger partial charge in [0.25, 0.3) is 0 Å². The van der Waals surface area contributed by atoms with Crippen molar-refractivity contribution >= 4 is 21.6 Å². The molecule has 0 fully saturated rings. The molecular weight excluding hydrogens is 258 g/mol. The molecule has 1 aromatic rings. The minimum absolute atomic E-state index is 0.0348. The normalized spacial score (nSPS) is 12.0. The summed E-state index contributed by atoms with van der Waals surface area (Å²) in [5.41, 5.74) is 0.650. The molecule has 0 N–H and O–H groups in total. The van der Waals surface area contributed by atoms with Crippen molar-refractivity contribution in [3.8, 4) is 0 Å². The van der Waals surface area contributed by atoms with Crippen LogP contribution in [0.15, 0.2) is 24.3 Å². The SMILES string of the molecule is CCCCN(C)S(=O)(=O)Cc1ccccc1Cl. The number of halogens is 1. The Morgan fingerprint density at radius 3 is 2.53 bits per heavy atom. The van der Waals surface area contributed by atoms with Gasteiger partial charge >= 0.3 is 0 Å². The van der Waals surface area contributed by atoms with Gasteiger partial charge in [0.2, 0.25) is 10.0 Å². The first-order valence-electron chi connectivity index (χ1n) is 5.65. The third-order valence-electron chi connectivity index (χ3n) is 2.60. The zero-order valence-corrected chi connectivity index (χ0v) is 11.8. The second-order valence-corrected chi connectivity index (χ2v) is 6.51. The lowest BCUT2D eigenvalue weighted by Gasteiger charge is -2.17. The van der Waals surface area contributed by atoms with E-state index in [9.17, 15) is 8.42 Å². The van der Waals surface area contributed by atoms with Crippen LogP contribution in [0, 0.1) is 0 Å². The Kier molecular flexibility index (Phi) is 5.43. The summed E-state index contributed by atoms with van der Waals surface area (Å²) < 4.78 is 25.5. The molecule has 0 spiro atoms. The Morgan fingerprint density at radius 1 is 1.29 bits per heavy atom. The first-order valence-corrected chi connectivity index (χ1v) is 7.63. The maximum atomic E-state index is 12.0. The molecule has 96 valence electrons. The molecule has 1 rings (SSSR count). The van der Waals surface area contributed by atoms with Crippen molar-refractivity contribution in [2.45, 2.75) is 25.5 Å². The Balaban J connectivity index is 2.76. The van der Waals surface area contributed by atoms with Crippen molar-refractivity contribution in [1.82, 2.24) is 4.31 Å². The number of unbranched alkanes of at least 4 members (excludes halogenated alkanes) is 1. The van der Waals surface area contributed by atoms with Crippen LogP contribution in [0.4, 0.5) is 0 Å². The van der Waals surface area contributed by atoms with Crippen molar-refractivity contribution in [3.05, 3.63) is 34.9 Å². The third kappa shape index (κ3) is 4.30. The highest BCUT2D eigenvalue weighted by atomic mass is 35.5. The molecular formula is C12H18ClNO2S. The van der Waals surface area contributed by atoms with Crippen molar-refractivity contribution in [2.24, 2.45) is 0 Å². The predicted octanol–water partition coefficient (Wildman–Crippen LogP) is 2.90. The van der Waals surface area contributed by atoms with Gasteiger partial charge in [-0.15, -0.1) is 0 Å². The molecule has 0 aliphatic rings. The van der Waals surface area contributed by atoms with Gasteiger partial charge in [-0.3, -0.25) is 0 Å². The van der Waals surface area contributed by atoms with Crippen LogP contribution in [0.2, 0.25) is 5.02 Å². The number of nitrogens with zero attached hydrogens (tertiary/aromatic N) is 1. The van der Waals surface area contributed by atoms with E-state index in [1.165, 1.54) is 4.31 Å². The fourth-order valence-corrected chi connectivity index (χ4v) is 3.00. The highest BCUT2D eigenvalue weighted by Gasteiger charge is 2.18. The average molecular weight is 276 g/mol. The smallest absolute Gasteiger partial charge is 0.212 e. The Hall–Kier alpha value is -0.580. The molecule has 1 aromatic carbocycles. The number of benzene rings is 1. The van der Waals surface area contributed by atoms with E-state index in [4.69, 9.17) is 11.6 Å². The second-order valence-electron chi connectivity index (χ2n) is 4.02. The summed E-state index contributed by atoms with van der Waals surface area (Å²) in [6.07, 6.45) is 1.85. The molecule has 3 nitrogen and oxygen atoms in total. The number of rotatable bonds is 6. The predicted molar refractivity (Wildman–Crippen MR) is 71.6 cm³/mol. The average Bonchev–Trinajstić information content (AvgIpc) is 2.28. The zero-order chi connectivity index (χ0) is 12.9. The zero-order valence-electron chi connectivity index (χ0n) is 10.2. The summed E-state index contributed by atoms with van der Waals surface area (Å²) in [5, 5.41) is 0.500. The van der Waals surface area contributed by atoms with Gasteiger partial charge in [-0.2, -0.15) is 0 Å². The van der Waals surface area contributed by atoms with Crippen LogP contribution < -0.4 is 0 Å². The minimum Gasteiger partial charge on any atom is -0.212 e. The van der Waals surface area contributed by atoms with Crippen LogP contribution in [-0.2, 0) is 15.8 Å². The van der Waals surface area contributed by atoms with E-state index < -0.39 is 10.0 Å². The quantitative estimate of drug-likeness (QED) is 0.801. The van der Waals surface area contributed by atoms with Crippen molar-refractivity contribution in [2.75, 3.05) is 13.6 Å². The number of sulfonamides is 1. The van der Waals surface area contributed by atoms with Gasteiger partial charge in [0.1, 0.15) is 0 Å². The molecule has 0 heterocycles. The molecule has 0 aliphatic heterocycles. The van der Waals surface area contributed by atoms with E-state index in [1.54, 1.807) is 31.3 Å². The van der Waals surface area contributed by atoms with Crippen LogP contribution in [0.1, 0.15) is 25.3 Å². The molecule has 0 amide bonds. The van der Waals surface area contributed by atoms with Crippen molar-refractivity contribution in [1.29, 1.82) is 0 Å². The van der Waals surface area contributed by atoms with E-state index in [2.05, 4.69) is 0 Å². The molecule has 0 aromatic heterocycles. The molecule has 0 aliphatic carbocycles. The topological polar surface area (TPSA) is 37.4 Å². The van der Waals surface area contributed by atoms with Crippen LogP contribution in [0.3, 0.4) is 0 Å². The lowest BCUT2D eigenvalue weighted by molar-refractivity contribution is 0.458. The van der Waals surface area contributed by atoms with Crippen LogP contribution in [0.5, 0.6) is 0 Å². The molecule has 0 radical (unpaired) electrons. The van der Waals surface area contributed by atoms with E-state index in [-0.39, 0.29) is 5.75 Å². The highest BCUT2D eigenvalue weighted by Crippen LogP contribution is 2.19. The molecule has 0 unspecified atom stereocenters. The molecule has 0 saturated heterocycles. The minimum atomic E-state index is -3.26. The summed E-state index contributed by atoms with van der Waals surface area (Å²) in [5.74, 6) is -0.0348. The maximum Gasteiger partial charge on any atom is 0.218 e. The molecule has 0 saturated carbocycles. The van der Waals surface area contributed by atoms with Gasteiger partial charge in [0, 0.05) is 18.6 Å². The molecule has 0 bridgehead atoms. The lowest BCUT2D eigenvalue weighted by Crippen LogP contribution is -2.29. The first-order chi connectivity index (χ1) is 7.97. The van der Waals surface area contributed by atoms with E-state index >= 15 is 0 Å². The van der Waals surface area contributed by atoms with Gasteiger partial charge < -0.3 is 0 Å². The van der Waals surface area contributed by atoms with Crippen molar-refractivity contribution in [3.63, 3.8) is 0 Å². The fourth-order valence-electron chi connectivity index (χ4n) is 1.44. The molecule has 5 heteroatoms. The third-order valence-corrected chi connectivity index (χ3v) is 4.77. The standard InChI is InChI=1S/C12H18ClNO2S/c1-3-4-9-14(2)17(15,16)10-11-7-5-6-8-12(11)13/h5-8H,3-4,9-10H2,1-2H3. The fraction of sp³-hybridized carbons (Fsp3) is 0.500. The Labute approximate surface area is 108 Å². The largest absolute Gasteiger partial charge is 0.218 e. The maximum absolute atomic E-state index is 12.0. The van der Waals surface area contributed by atoms with E-state index in [0.717, 1.165) is 12.8 Å². The number of hydrogen-bond acceptors (Lipinski definition) is 2. The summed E-state index contributed by atoms with van der Waals surface area (Å²) in [7, 11) is -1.65. The van der Waals surface area contributed by atoms with Gasteiger partial charge in [0.15, 0.2) is 0 Å². The highest BCUT2D eigenvalue weighted by molar-refractivity contribution is 7.88. The first kappa shape index (κ1) is 14.5. The van der Waals surface area contributed by atoms with Gasteiger partial charge in [0.05, 0.1) is 5.75 Å².